The predicted octanol–water partition coefficient (Wildman–Crippen LogP) is 1.77. The van der Waals surface area contributed by atoms with Crippen LogP contribution >= 0.6 is 0 Å². The van der Waals surface area contributed by atoms with Gasteiger partial charge in [-0.15, -0.1) is 6.42 Å². The second kappa shape index (κ2) is 10.5. The van der Waals surface area contributed by atoms with Gasteiger partial charge in [0.25, 0.3) is 0 Å². The zero-order chi connectivity index (χ0) is 23.0. The van der Waals surface area contributed by atoms with Crippen LogP contribution in [0, 0.1) is 12.3 Å². The van der Waals surface area contributed by atoms with Crippen LogP contribution in [0.25, 0.3) is 0 Å². The molecule has 2 aromatic carbocycles. The van der Waals surface area contributed by atoms with Crippen LogP contribution in [0.2, 0.25) is 0 Å². The number of carbonyl (C=O) groups is 3. The molecule has 9 nitrogen and oxygen atoms in total. The molecular weight excluding hydrogens is 422 g/mol. The summed E-state index contributed by atoms with van der Waals surface area (Å²) in [7, 11) is -2.80. The van der Waals surface area contributed by atoms with Crippen molar-refractivity contribution in [2.45, 2.75) is 23.8 Å². The fraction of sp³-hybridized carbons (Fsp3) is 0.190. The number of rotatable bonds is 8. The number of benzene rings is 2. The summed E-state index contributed by atoms with van der Waals surface area (Å²) in [6, 6.07) is 11.2. The summed E-state index contributed by atoms with van der Waals surface area (Å²) in [5.41, 5.74) is 2.11. The molecule has 1 atom stereocenters. The van der Waals surface area contributed by atoms with Crippen molar-refractivity contribution >= 4 is 33.9 Å². The van der Waals surface area contributed by atoms with Gasteiger partial charge in [-0.25, -0.2) is 23.6 Å². The minimum absolute atomic E-state index is 0.0576. The molecule has 31 heavy (non-hydrogen) atoms. The number of sulfonamides is 1. The molecule has 162 valence electrons. The lowest BCUT2D eigenvalue weighted by molar-refractivity contribution is -0.118. The highest BCUT2D eigenvalue weighted by molar-refractivity contribution is 7.89. The maximum absolute atomic E-state index is 12.8. The second-order valence-corrected chi connectivity index (χ2v) is 8.41. The van der Waals surface area contributed by atoms with Gasteiger partial charge in [-0.3, -0.25) is 10.0 Å². The van der Waals surface area contributed by atoms with Crippen LogP contribution in [0.5, 0.6) is 0 Å². The molecule has 10 heteroatoms. The van der Waals surface area contributed by atoms with E-state index in [1.807, 2.05) is 0 Å². The Balaban J connectivity index is 2.17. The van der Waals surface area contributed by atoms with Crippen molar-refractivity contribution in [1.29, 1.82) is 0 Å². The van der Waals surface area contributed by atoms with E-state index in [-0.39, 0.29) is 23.4 Å². The summed E-state index contributed by atoms with van der Waals surface area (Å²) in [6.45, 7) is 0. The molecule has 0 radical (unpaired) electrons. The molecule has 0 bridgehead atoms. The Labute approximate surface area is 180 Å². The number of nitrogens with zero attached hydrogens (tertiary/aromatic N) is 2. The normalized spacial score (nSPS) is 11.9. The number of likely N-dealkylation sites (N-methyl/N-ethyl adjacent to an activating group) is 1. The number of nitrogens with one attached hydrogen (secondary N) is 1. The van der Waals surface area contributed by atoms with Crippen LogP contribution in [-0.2, 0) is 19.6 Å². The van der Waals surface area contributed by atoms with Crippen molar-refractivity contribution in [3.8, 4) is 12.3 Å². The fourth-order valence-electron chi connectivity index (χ4n) is 2.79. The smallest absolute Gasteiger partial charge is 0.302 e. The van der Waals surface area contributed by atoms with E-state index in [0.717, 1.165) is 4.31 Å². The summed E-state index contributed by atoms with van der Waals surface area (Å²) in [5.74, 6) is 1.65. The first-order chi connectivity index (χ1) is 14.8. The van der Waals surface area contributed by atoms with Crippen LogP contribution in [-0.4, -0.2) is 49.2 Å². The maximum atomic E-state index is 12.8. The highest BCUT2D eigenvalue weighted by atomic mass is 32.2. The van der Waals surface area contributed by atoms with Crippen molar-refractivity contribution in [2.75, 3.05) is 11.9 Å². The molecule has 0 aromatic heterocycles. The average molecular weight is 443 g/mol. The third-order valence-corrected chi connectivity index (χ3v) is 6.44. The van der Waals surface area contributed by atoms with Gasteiger partial charge in [0, 0.05) is 19.0 Å². The van der Waals surface area contributed by atoms with Crippen molar-refractivity contribution < 1.29 is 28.0 Å². The minimum Gasteiger partial charge on any atom is -0.302 e. The Hall–Kier alpha value is -3.52. The van der Waals surface area contributed by atoms with Gasteiger partial charge in [-0.05, 0) is 42.8 Å². The first kappa shape index (κ1) is 23.8. The molecule has 0 saturated heterocycles. The molecular formula is C21H21N3O6S. The Morgan fingerprint density at radius 3 is 2.29 bits per heavy atom. The summed E-state index contributed by atoms with van der Waals surface area (Å²) in [6.07, 6.45) is 5.17. The van der Waals surface area contributed by atoms with Gasteiger partial charge in [0.05, 0.1) is 16.6 Å². The molecule has 0 unspecified atom stereocenters. The van der Waals surface area contributed by atoms with E-state index in [0.29, 0.717) is 16.7 Å². The molecule has 0 aliphatic heterocycles. The van der Waals surface area contributed by atoms with E-state index in [2.05, 4.69) is 5.92 Å². The highest BCUT2D eigenvalue weighted by Gasteiger charge is 2.30. The number of para-hydroxylation sites is 1. The molecule has 3 amide bonds. The Kier molecular flexibility index (Phi) is 8.04. The third-order valence-electron chi connectivity index (χ3n) is 4.54. The number of carbonyl (C=O) groups excluding carboxylic acids is 3. The lowest BCUT2D eigenvalue weighted by atomic mass is 10.1. The molecule has 0 fully saturated rings. The van der Waals surface area contributed by atoms with E-state index < -0.39 is 28.0 Å². The summed E-state index contributed by atoms with van der Waals surface area (Å²) in [4.78, 5) is 36.8. The number of hydrogen-bond donors (Lipinski definition) is 2. The van der Waals surface area contributed by atoms with Crippen molar-refractivity contribution in [3.63, 3.8) is 0 Å². The quantitative estimate of drug-likeness (QED) is 0.277. The number of hydrogen-bond acceptors (Lipinski definition) is 6. The predicted molar refractivity (Wildman–Crippen MR) is 113 cm³/mol. The molecule has 0 aliphatic rings. The number of anilines is 1. The molecule has 0 saturated carbocycles. The second-order valence-electron chi connectivity index (χ2n) is 6.41. The van der Waals surface area contributed by atoms with E-state index in [1.165, 1.54) is 48.9 Å². The van der Waals surface area contributed by atoms with Crippen molar-refractivity contribution in [2.24, 2.45) is 0 Å². The lowest BCUT2D eigenvalue weighted by Crippen LogP contribution is -2.44. The van der Waals surface area contributed by atoms with Crippen LogP contribution in [0.3, 0.4) is 0 Å². The zero-order valence-corrected chi connectivity index (χ0v) is 17.5. The van der Waals surface area contributed by atoms with Gasteiger partial charge >= 0.3 is 6.03 Å². The number of amides is 3. The van der Waals surface area contributed by atoms with E-state index in [4.69, 9.17) is 11.6 Å². The topological polar surface area (TPSA) is 124 Å². The van der Waals surface area contributed by atoms with Crippen LogP contribution in [0.1, 0.15) is 18.4 Å². The zero-order valence-electron chi connectivity index (χ0n) is 16.6. The molecule has 0 spiro atoms. The summed E-state index contributed by atoms with van der Waals surface area (Å²) in [5, 5.41) is 8.95. The Bertz CT molecular complexity index is 1080. The largest absolute Gasteiger partial charge is 0.352 e. The average Bonchev–Trinajstić information content (AvgIpc) is 2.80. The lowest BCUT2D eigenvalue weighted by Gasteiger charge is -2.24. The maximum Gasteiger partial charge on any atom is 0.352 e. The number of terminal acetylenes is 1. The van der Waals surface area contributed by atoms with E-state index in [1.54, 1.807) is 18.2 Å². The number of urea groups is 1. The molecule has 2 aromatic rings. The van der Waals surface area contributed by atoms with E-state index >= 15 is 0 Å². The Morgan fingerprint density at radius 2 is 1.77 bits per heavy atom. The SMILES string of the molecule is C#Cc1ccc(S(=O)(=O)N(C)[C@@H](C=O)CCC(=O)N(C(=O)NO)c2ccccc2)cc1. The van der Waals surface area contributed by atoms with Gasteiger partial charge in [0.1, 0.15) is 6.29 Å². The van der Waals surface area contributed by atoms with Gasteiger partial charge in [-0.2, -0.15) is 4.31 Å². The number of hydroxylamine groups is 1. The first-order valence-corrected chi connectivity index (χ1v) is 10.5. The molecule has 2 rings (SSSR count). The van der Waals surface area contributed by atoms with Gasteiger partial charge in [0.2, 0.25) is 15.9 Å². The first-order valence-electron chi connectivity index (χ1n) is 9.08. The third kappa shape index (κ3) is 5.55. The Morgan fingerprint density at radius 1 is 1.16 bits per heavy atom. The number of imide groups is 1. The van der Waals surface area contributed by atoms with E-state index in [9.17, 15) is 22.8 Å². The highest BCUT2D eigenvalue weighted by Crippen LogP contribution is 2.20. The van der Waals surface area contributed by atoms with Gasteiger partial charge in [-0.1, -0.05) is 24.1 Å². The fourth-order valence-corrected chi connectivity index (χ4v) is 4.11. The number of aldehydes is 1. The molecule has 2 N–H and O–H groups in total. The monoisotopic (exact) mass is 443 g/mol. The van der Waals surface area contributed by atoms with Gasteiger partial charge < -0.3 is 4.79 Å². The van der Waals surface area contributed by atoms with Crippen molar-refractivity contribution in [1.82, 2.24) is 9.79 Å². The van der Waals surface area contributed by atoms with Crippen molar-refractivity contribution in [3.05, 3.63) is 60.2 Å². The van der Waals surface area contributed by atoms with Crippen LogP contribution in [0.15, 0.2) is 59.5 Å². The molecule has 0 heterocycles. The summed E-state index contributed by atoms with van der Waals surface area (Å²) < 4.78 is 26.5. The van der Waals surface area contributed by atoms with Gasteiger partial charge in [0.15, 0.2) is 0 Å². The molecule has 0 aliphatic carbocycles. The van der Waals surface area contributed by atoms with Crippen LogP contribution < -0.4 is 10.4 Å². The standard InChI is InChI=1S/C21H21N3O6S/c1-3-16-9-12-19(13-10-16)31(29,30)23(2)18(15-25)11-14-20(26)24(21(27)22-28)17-7-5-4-6-8-17/h1,4-10,12-13,15,18,28H,11,14H2,2H3,(H,22,27)/t18-/m1/s1. The minimum atomic E-state index is -4.03. The summed E-state index contributed by atoms with van der Waals surface area (Å²) >= 11 is 0. The van der Waals surface area contributed by atoms with Crippen LogP contribution in [0.4, 0.5) is 10.5 Å².